The van der Waals surface area contributed by atoms with Crippen molar-refractivity contribution < 1.29 is 0 Å². The summed E-state index contributed by atoms with van der Waals surface area (Å²) in [6.45, 7) is 0. The van der Waals surface area contributed by atoms with Crippen molar-refractivity contribution in [2.75, 3.05) is 0 Å². The predicted molar refractivity (Wildman–Crippen MR) is 42.0 cm³/mol. The fourth-order valence-corrected chi connectivity index (χ4v) is 0.916. The maximum atomic E-state index is 11.1. The van der Waals surface area contributed by atoms with Crippen molar-refractivity contribution in [2.45, 2.75) is 0 Å². The van der Waals surface area contributed by atoms with E-state index in [0.717, 1.165) is 0 Å². The standard InChI is InChI=1S/C7H6N4O/c12-7-10-3-4-11(7)6-5-8-1-2-9-6/h1-5H,(H,10,12). The van der Waals surface area contributed by atoms with Crippen molar-refractivity contribution >= 4 is 0 Å². The van der Waals surface area contributed by atoms with Crippen LogP contribution in [0, 0.1) is 0 Å². The predicted octanol–water partition coefficient (Wildman–Crippen LogP) is -0.0444. The normalized spacial score (nSPS) is 10.0. The average Bonchev–Trinajstić information content (AvgIpc) is 2.53. The van der Waals surface area contributed by atoms with Gasteiger partial charge in [0.25, 0.3) is 0 Å². The third-order valence-electron chi connectivity index (χ3n) is 1.45. The van der Waals surface area contributed by atoms with E-state index in [1.807, 2.05) is 0 Å². The second kappa shape index (κ2) is 2.61. The van der Waals surface area contributed by atoms with Crippen LogP contribution in [0.25, 0.3) is 5.82 Å². The number of hydrogen-bond acceptors (Lipinski definition) is 3. The van der Waals surface area contributed by atoms with Gasteiger partial charge in [0.1, 0.15) is 0 Å². The van der Waals surface area contributed by atoms with E-state index >= 15 is 0 Å². The zero-order chi connectivity index (χ0) is 8.39. The van der Waals surface area contributed by atoms with Gasteiger partial charge in [0.2, 0.25) is 0 Å². The molecule has 2 heterocycles. The summed E-state index contributed by atoms with van der Waals surface area (Å²) in [5.74, 6) is 0.517. The van der Waals surface area contributed by atoms with Crippen LogP contribution >= 0.6 is 0 Å². The number of rotatable bonds is 1. The lowest BCUT2D eigenvalue weighted by Crippen LogP contribution is -2.15. The smallest absolute Gasteiger partial charge is 0.312 e. The average molecular weight is 162 g/mol. The molecule has 60 valence electrons. The van der Waals surface area contributed by atoms with Crippen LogP contribution in [0.1, 0.15) is 0 Å². The minimum absolute atomic E-state index is 0.212. The van der Waals surface area contributed by atoms with Gasteiger partial charge >= 0.3 is 5.69 Å². The highest BCUT2D eigenvalue weighted by Gasteiger charge is 1.98. The second-order valence-electron chi connectivity index (χ2n) is 2.20. The Bertz CT molecular complexity index is 416. The Morgan fingerprint density at radius 1 is 1.42 bits per heavy atom. The second-order valence-corrected chi connectivity index (χ2v) is 2.20. The molecule has 0 aromatic carbocycles. The van der Waals surface area contributed by atoms with E-state index in [-0.39, 0.29) is 5.69 Å². The zero-order valence-electron chi connectivity index (χ0n) is 6.14. The molecule has 0 fully saturated rings. The van der Waals surface area contributed by atoms with E-state index < -0.39 is 0 Å². The van der Waals surface area contributed by atoms with Crippen LogP contribution in [-0.4, -0.2) is 19.5 Å². The molecule has 2 aromatic heterocycles. The highest BCUT2D eigenvalue weighted by molar-refractivity contribution is 5.16. The maximum absolute atomic E-state index is 11.1. The largest absolute Gasteiger partial charge is 0.331 e. The molecule has 2 rings (SSSR count). The van der Waals surface area contributed by atoms with E-state index in [1.54, 1.807) is 18.6 Å². The van der Waals surface area contributed by atoms with Crippen LogP contribution in [0.15, 0.2) is 35.8 Å². The number of nitrogens with one attached hydrogen (secondary N) is 1. The van der Waals surface area contributed by atoms with E-state index in [1.165, 1.54) is 17.0 Å². The van der Waals surface area contributed by atoms with Crippen molar-refractivity contribution in [3.8, 4) is 5.82 Å². The van der Waals surface area contributed by atoms with Crippen LogP contribution in [0.4, 0.5) is 0 Å². The lowest BCUT2D eigenvalue weighted by atomic mass is 10.6. The van der Waals surface area contributed by atoms with E-state index in [4.69, 9.17) is 0 Å². The van der Waals surface area contributed by atoms with Gasteiger partial charge in [0.05, 0.1) is 6.20 Å². The summed E-state index contributed by atoms with van der Waals surface area (Å²) in [7, 11) is 0. The molecular weight excluding hydrogens is 156 g/mol. The summed E-state index contributed by atoms with van der Waals surface area (Å²) in [5, 5.41) is 0. The van der Waals surface area contributed by atoms with Crippen molar-refractivity contribution in [3.63, 3.8) is 0 Å². The lowest BCUT2D eigenvalue weighted by molar-refractivity contribution is 0.925. The van der Waals surface area contributed by atoms with Gasteiger partial charge < -0.3 is 4.98 Å². The van der Waals surface area contributed by atoms with E-state index in [2.05, 4.69) is 15.0 Å². The molecule has 0 aliphatic heterocycles. The first-order valence-electron chi connectivity index (χ1n) is 3.40. The van der Waals surface area contributed by atoms with E-state index in [0.29, 0.717) is 5.82 Å². The fraction of sp³-hybridized carbons (Fsp3) is 0. The van der Waals surface area contributed by atoms with Crippen LogP contribution in [0.2, 0.25) is 0 Å². The zero-order valence-corrected chi connectivity index (χ0v) is 6.14. The third kappa shape index (κ3) is 1.01. The number of imidazole rings is 1. The summed E-state index contributed by atoms with van der Waals surface area (Å²) in [4.78, 5) is 21.4. The van der Waals surface area contributed by atoms with Gasteiger partial charge in [-0.3, -0.25) is 9.55 Å². The van der Waals surface area contributed by atoms with Gasteiger partial charge in [0.15, 0.2) is 5.82 Å². The summed E-state index contributed by atoms with van der Waals surface area (Å²) in [5.41, 5.74) is -0.212. The highest BCUT2D eigenvalue weighted by atomic mass is 16.1. The number of aromatic amines is 1. The molecule has 0 spiro atoms. The van der Waals surface area contributed by atoms with Crippen molar-refractivity contribution in [3.05, 3.63) is 41.5 Å². The number of nitrogens with zero attached hydrogens (tertiary/aromatic N) is 3. The fourth-order valence-electron chi connectivity index (χ4n) is 0.916. The van der Waals surface area contributed by atoms with E-state index in [9.17, 15) is 4.79 Å². The van der Waals surface area contributed by atoms with Gasteiger partial charge in [-0.1, -0.05) is 0 Å². The number of aromatic nitrogens is 4. The minimum Gasteiger partial charge on any atom is -0.312 e. The van der Waals surface area contributed by atoms with Gasteiger partial charge in [-0.25, -0.2) is 9.78 Å². The number of H-pyrrole nitrogens is 1. The molecule has 0 unspecified atom stereocenters. The monoisotopic (exact) mass is 162 g/mol. The molecular formula is C7H6N4O. The van der Waals surface area contributed by atoms with Crippen molar-refractivity contribution in [1.29, 1.82) is 0 Å². The number of hydrogen-bond donors (Lipinski definition) is 1. The Balaban J connectivity index is 2.59. The first-order chi connectivity index (χ1) is 5.88. The van der Waals surface area contributed by atoms with Crippen LogP contribution < -0.4 is 5.69 Å². The Labute approximate surface area is 67.7 Å². The Morgan fingerprint density at radius 2 is 2.33 bits per heavy atom. The summed E-state index contributed by atoms with van der Waals surface area (Å²) in [6, 6.07) is 0. The van der Waals surface area contributed by atoms with Crippen molar-refractivity contribution in [2.24, 2.45) is 0 Å². The van der Waals surface area contributed by atoms with Gasteiger partial charge in [0, 0.05) is 24.8 Å². The highest BCUT2D eigenvalue weighted by Crippen LogP contribution is 1.94. The first kappa shape index (κ1) is 6.78. The maximum Gasteiger partial charge on any atom is 0.331 e. The lowest BCUT2D eigenvalue weighted by Gasteiger charge is -1.95. The molecule has 0 aliphatic rings. The Hall–Kier alpha value is -1.91. The molecule has 5 nitrogen and oxygen atoms in total. The van der Waals surface area contributed by atoms with Gasteiger partial charge in [-0.15, -0.1) is 0 Å². The quantitative estimate of drug-likeness (QED) is 0.639. The summed E-state index contributed by atoms with van der Waals surface area (Å²) >= 11 is 0. The molecule has 0 atom stereocenters. The van der Waals surface area contributed by atoms with Gasteiger partial charge in [-0.2, -0.15) is 0 Å². The molecule has 0 bridgehead atoms. The first-order valence-corrected chi connectivity index (χ1v) is 3.40. The summed E-state index contributed by atoms with van der Waals surface area (Å²) in [6.07, 6.45) is 7.77. The topological polar surface area (TPSA) is 63.6 Å². The van der Waals surface area contributed by atoms with Crippen LogP contribution in [0.5, 0.6) is 0 Å². The SMILES string of the molecule is O=c1[nH]ccn1-c1cnccn1. The molecule has 0 amide bonds. The van der Waals surface area contributed by atoms with Gasteiger partial charge in [-0.05, 0) is 0 Å². The summed E-state index contributed by atoms with van der Waals surface area (Å²) < 4.78 is 1.38. The van der Waals surface area contributed by atoms with Crippen LogP contribution in [0.3, 0.4) is 0 Å². The Kier molecular flexibility index (Phi) is 1.48. The van der Waals surface area contributed by atoms with Crippen molar-refractivity contribution in [1.82, 2.24) is 19.5 Å². The molecule has 0 aliphatic carbocycles. The molecule has 5 heteroatoms. The molecule has 1 N–H and O–H groups in total. The molecule has 0 radical (unpaired) electrons. The van der Waals surface area contributed by atoms with Crippen LogP contribution in [-0.2, 0) is 0 Å². The molecule has 12 heavy (non-hydrogen) atoms. The molecule has 0 saturated carbocycles. The minimum atomic E-state index is -0.212. The third-order valence-corrected chi connectivity index (χ3v) is 1.45. The molecule has 2 aromatic rings. The Morgan fingerprint density at radius 3 is 2.92 bits per heavy atom. The molecule has 0 saturated heterocycles.